The summed E-state index contributed by atoms with van der Waals surface area (Å²) in [6.07, 6.45) is -0.676. The zero-order valence-electron chi connectivity index (χ0n) is 14.0. The van der Waals surface area contributed by atoms with Gasteiger partial charge in [0, 0.05) is 6.20 Å². The molecule has 2 atom stereocenters. The summed E-state index contributed by atoms with van der Waals surface area (Å²) in [5.41, 5.74) is -0.474. The molecule has 6 nitrogen and oxygen atoms in total. The lowest BCUT2D eigenvalue weighted by atomic mass is 10.0. The molecule has 0 saturated carbocycles. The number of hydrogen-bond donors (Lipinski definition) is 2. The summed E-state index contributed by atoms with van der Waals surface area (Å²) in [6.45, 7) is 5.13. The number of rotatable bonds is 4. The van der Waals surface area contributed by atoms with Crippen LogP contribution in [0.4, 0.5) is 9.18 Å². The number of nitrogens with zero attached hydrogens (tertiary/aromatic N) is 2. The minimum atomic E-state index is -1.30. The van der Waals surface area contributed by atoms with Crippen molar-refractivity contribution in [3.05, 3.63) is 58.9 Å². The van der Waals surface area contributed by atoms with Crippen molar-refractivity contribution in [1.29, 1.82) is 0 Å². The number of carbonyl (C=O) groups is 1. The van der Waals surface area contributed by atoms with Crippen molar-refractivity contribution in [1.82, 2.24) is 15.3 Å². The molecular weight excluding hydrogens is 349 g/mol. The SMILES string of the molecule is CC(C)(C)OC(=O)N[C@@H](c1nccc(Cl)n1)[C@@H](O)c1cccc(F)c1. The number of amides is 1. The Kier molecular flexibility index (Phi) is 5.92. The largest absolute Gasteiger partial charge is 0.444 e. The molecular formula is C17H19ClFN3O3. The van der Waals surface area contributed by atoms with E-state index in [1.807, 2.05) is 0 Å². The summed E-state index contributed by atoms with van der Waals surface area (Å²) in [5, 5.41) is 13.3. The molecule has 2 rings (SSSR count). The molecule has 0 spiro atoms. The lowest BCUT2D eigenvalue weighted by Crippen LogP contribution is -2.38. The number of ether oxygens (including phenoxy) is 1. The Morgan fingerprint density at radius 3 is 2.68 bits per heavy atom. The van der Waals surface area contributed by atoms with Gasteiger partial charge in [0.2, 0.25) is 0 Å². The van der Waals surface area contributed by atoms with Gasteiger partial charge < -0.3 is 15.2 Å². The van der Waals surface area contributed by atoms with Crippen molar-refractivity contribution in [3.8, 4) is 0 Å². The first-order chi connectivity index (χ1) is 11.7. The number of carbonyl (C=O) groups excluding carboxylic acids is 1. The van der Waals surface area contributed by atoms with E-state index in [4.69, 9.17) is 16.3 Å². The molecule has 0 bridgehead atoms. The second-order valence-electron chi connectivity index (χ2n) is 6.36. The van der Waals surface area contributed by atoms with E-state index in [-0.39, 0.29) is 16.5 Å². The average Bonchev–Trinajstić information content (AvgIpc) is 2.50. The highest BCUT2D eigenvalue weighted by molar-refractivity contribution is 6.29. The predicted molar refractivity (Wildman–Crippen MR) is 90.5 cm³/mol. The van der Waals surface area contributed by atoms with Gasteiger partial charge in [0.1, 0.15) is 28.7 Å². The lowest BCUT2D eigenvalue weighted by Gasteiger charge is -2.26. The van der Waals surface area contributed by atoms with E-state index in [2.05, 4.69) is 15.3 Å². The van der Waals surface area contributed by atoms with Crippen LogP contribution < -0.4 is 5.32 Å². The second kappa shape index (κ2) is 7.76. The Bertz CT molecular complexity index is 752. The van der Waals surface area contributed by atoms with Crippen molar-refractivity contribution >= 4 is 17.7 Å². The molecule has 2 aromatic rings. The van der Waals surface area contributed by atoms with Crippen molar-refractivity contribution in [2.24, 2.45) is 0 Å². The molecule has 0 radical (unpaired) electrons. The van der Waals surface area contributed by atoms with Crippen molar-refractivity contribution in [3.63, 3.8) is 0 Å². The maximum absolute atomic E-state index is 13.5. The highest BCUT2D eigenvalue weighted by atomic mass is 35.5. The van der Waals surface area contributed by atoms with Crippen LogP contribution in [0.5, 0.6) is 0 Å². The van der Waals surface area contributed by atoms with E-state index >= 15 is 0 Å². The summed E-state index contributed by atoms with van der Waals surface area (Å²) < 4.78 is 18.7. The Hall–Kier alpha value is -2.25. The summed E-state index contributed by atoms with van der Waals surface area (Å²) in [7, 11) is 0. The summed E-state index contributed by atoms with van der Waals surface area (Å²) in [4.78, 5) is 20.2. The van der Waals surface area contributed by atoms with Crippen molar-refractivity contribution < 1.29 is 19.0 Å². The maximum atomic E-state index is 13.5. The predicted octanol–water partition coefficient (Wildman–Crippen LogP) is 3.57. The molecule has 1 aromatic heterocycles. The Labute approximate surface area is 150 Å². The third-order valence-electron chi connectivity index (χ3n) is 3.10. The number of nitrogens with one attached hydrogen (secondary N) is 1. The summed E-state index contributed by atoms with van der Waals surface area (Å²) in [6, 6.07) is 5.79. The van der Waals surface area contributed by atoms with Gasteiger partial charge in [-0.1, -0.05) is 23.7 Å². The third-order valence-corrected chi connectivity index (χ3v) is 3.31. The van der Waals surface area contributed by atoms with Crippen LogP contribution in [0.2, 0.25) is 5.15 Å². The van der Waals surface area contributed by atoms with Gasteiger partial charge in [0.05, 0.1) is 0 Å². The fourth-order valence-electron chi connectivity index (χ4n) is 2.10. The molecule has 1 amide bonds. The van der Waals surface area contributed by atoms with E-state index in [1.54, 1.807) is 20.8 Å². The van der Waals surface area contributed by atoms with Gasteiger partial charge in [-0.05, 0) is 44.5 Å². The molecule has 0 saturated heterocycles. The zero-order valence-corrected chi connectivity index (χ0v) is 14.8. The molecule has 2 N–H and O–H groups in total. The summed E-state index contributed by atoms with van der Waals surface area (Å²) in [5.74, 6) is -0.435. The zero-order chi connectivity index (χ0) is 18.6. The second-order valence-corrected chi connectivity index (χ2v) is 6.75. The minimum absolute atomic E-state index is 0.0788. The summed E-state index contributed by atoms with van der Waals surface area (Å²) >= 11 is 5.87. The smallest absolute Gasteiger partial charge is 0.408 e. The van der Waals surface area contributed by atoms with Crippen LogP contribution in [0.3, 0.4) is 0 Å². The lowest BCUT2D eigenvalue weighted by molar-refractivity contribution is 0.0411. The van der Waals surface area contributed by atoms with Gasteiger partial charge in [0.15, 0.2) is 5.82 Å². The Morgan fingerprint density at radius 1 is 1.36 bits per heavy atom. The van der Waals surface area contributed by atoms with Crippen LogP contribution in [0.25, 0.3) is 0 Å². The van der Waals surface area contributed by atoms with E-state index in [0.29, 0.717) is 0 Å². The quantitative estimate of drug-likeness (QED) is 0.807. The third kappa shape index (κ3) is 5.65. The molecule has 8 heteroatoms. The number of aliphatic hydroxyl groups is 1. The van der Waals surface area contributed by atoms with Crippen molar-refractivity contribution in [2.45, 2.75) is 38.5 Å². The van der Waals surface area contributed by atoms with E-state index in [0.717, 1.165) is 0 Å². The van der Waals surface area contributed by atoms with E-state index < -0.39 is 29.7 Å². The van der Waals surface area contributed by atoms with Gasteiger partial charge in [-0.2, -0.15) is 0 Å². The number of aromatic nitrogens is 2. The van der Waals surface area contributed by atoms with E-state index in [9.17, 15) is 14.3 Å². The van der Waals surface area contributed by atoms with Gasteiger partial charge in [-0.25, -0.2) is 19.2 Å². The monoisotopic (exact) mass is 367 g/mol. The molecule has 134 valence electrons. The molecule has 0 fully saturated rings. The normalized spacial score (nSPS) is 13.8. The molecule has 0 unspecified atom stereocenters. The fourth-order valence-corrected chi connectivity index (χ4v) is 2.25. The Morgan fingerprint density at radius 2 is 2.08 bits per heavy atom. The van der Waals surface area contributed by atoms with Crippen LogP contribution in [0.1, 0.15) is 44.3 Å². The molecule has 0 aliphatic rings. The van der Waals surface area contributed by atoms with Crippen LogP contribution >= 0.6 is 11.6 Å². The van der Waals surface area contributed by atoms with Crippen LogP contribution in [-0.2, 0) is 4.74 Å². The van der Waals surface area contributed by atoms with Gasteiger partial charge >= 0.3 is 6.09 Å². The minimum Gasteiger partial charge on any atom is -0.444 e. The topological polar surface area (TPSA) is 84.3 Å². The average molecular weight is 368 g/mol. The molecule has 1 heterocycles. The highest BCUT2D eigenvalue weighted by Gasteiger charge is 2.29. The first-order valence-electron chi connectivity index (χ1n) is 7.57. The molecule has 0 aliphatic heterocycles. The molecule has 1 aromatic carbocycles. The van der Waals surface area contributed by atoms with Gasteiger partial charge in [-0.15, -0.1) is 0 Å². The Balaban J connectivity index is 2.33. The number of halogens is 2. The first-order valence-corrected chi connectivity index (χ1v) is 7.95. The van der Waals surface area contributed by atoms with Crippen LogP contribution in [0.15, 0.2) is 36.5 Å². The van der Waals surface area contributed by atoms with Crippen LogP contribution in [0, 0.1) is 5.82 Å². The first kappa shape index (κ1) is 19.1. The number of aliphatic hydroxyl groups excluding tert-OH is 1. The fraction of sp³-hybridized carbons (Fsp3) is 0.353. The standard InChI is InChI=1S/C17H19ClFN3O3/c1-17(2,3)25-16(24)22-13(15-20-8-7-12(18)21-15)14(23)10-5-4-6-11(19)9-10/h4-9,13-14,23H,1-3H3,(H,22,24)/t13-,14+/m1/s1. The molecule has 0 aliphatic carbocycles. The van der Waals surface area contributed by atoms with Crippen LogP contribution in [-0.4, -0.2) is 26.8 Å². The number of alkyl carbamates (subject to hydrolysis) is 1. The van der Waals surface area contributed by atoms with E-state index in [1.165, 1.54) is 36.5 Å². The van der Waals surface area contributed by atoms with Gasteiger partial charge in [-0.3, -0.25) is 0 Å². The molecule has 25 heavy (non-hydrogen) atoms. The highest BCUT2D eigenvalue weighted by Crippen LogP contribution is 2.28. The maximum Gasteiger partial charge on any atom is 0.408 e. The number of hydrogen-bond acceptors (Lipinski definition) is 5. The van der Waals surface area contributed by atoms with Crippen molar-refractivity contribution in [2.75, 3.05) is 0 Å². The number of benzene rings is 1. The van der Waals surface area contributed by atoms with Gasteiger partial charge in [0.25, 0.3) is 0 Å².